The van der Waals surface area contributed by atoms with Crippen LogP contribution in [0.5, 0.6) is 0 Å². The molecule has 0 spiro atoms. The van der Waals surface area contributed by atoms with Crippen molar-refractivity contribution < 1.29 is 24.5 Å². The van der Waals surface area contributed by atoms with Crippen LogP contribution in [0.15, 0.2) is 12.2 Å². The zero-order valence-electron chi connectivity index (χ0n) is 36.9. The molecule has 0 heterocycles. The van der Waals surface area contributed by atoms with Crippen molar-refractivity contribution in [3.8, 4) is 0 Å². The highest BCUT2D eigenvalue weighted by Crippen LogP contribution is 2.16. The Morgan fingerprint density at radius 3 is 1.33 bits per heavy atom. The van der Waals surface area contributed by atoms with E-state index in [-0.39, 0.29) is 18.5 Å². The van der Waals surface area contributed by atoms with E-state index in [4.69, 9.17) is 4.74 Å². The molecule has 55 heavy (non-hydrogen) atoms. The summed E-state index contributed by atoms with van der Waals surface area (Å²) < 4.78 is 5.44. The van der Waals surface area contributed by atoms with Crippen molar-refractivity contribution in [2.75, 3.05) is 13.2 Å². The third-order valence-corrected chi connectivity index (χ3v) is 11.3. The third kappa shape index (κ3) is 42.0. The fourth-order valence-corrected chi connectivity index (χ4v) is 7.51. The summed E-state index contributed by atoms with van der Waals surface area (Å²) in [7, 11) is 0. The Labute approximate surface area is 342 Å². The molecular formula is C49H95NO5. The molecule has 326 valence electrons. The second-order valence-electron chi connectivity index (χ2n) is 16.8. The summed E-state index contributed by atoms with van der Waals surface area (Å²) in [4.78, 5) is 24.4. The van der Waals surface area contributed by atoms with E-state index in [0.717, 1.165) is 51.4 Å². The maximum absolute atomic E-state index is 12.4. The van der Waals surface area contributed by atoms with Crippen LogP contribution in [0.4, 0.5) is 0 Å². The monoisotopic (exact) mass is 778 g/mol. The molecule has 0 saturated carbocycles. The molecule has 0 aliphatic heterocycles. The lowest BCUT2D eigenvalue weighted by atomic mass is 10.0. The van der Waals surface area contributed by atoms with Gasteiger partial charge in [-0.2, -0.15) is 0 Å². The van der Waals surface area contributed by atoms with Crippen molar-refractivity contribution in [1.82, 2.24) is 5.32 Å². The van der Waals surface area contributed by atoms with E-state index in [9.17, 15) is 19.8 Å². The van der Waals surface area contributed by atoms with Gasteiger partial charge in [-0.05, 0) is 51.4 Å². The number of ether oxygens (including phenoxy) is 1. The van der Waals surface area contributed by atoms with Gasteiger partial charge in [0.1, 0.15) is 0 Å². The van der Waals surface area contributed by atoms with Gasteiger partial charge in [-0.3, -0.25) is 9.59 Å². The lowest BCUT2D eigenvalue weighted by molar-refractivity contribution is -0.143. The normalized spacial score (nSPS) is 12.7. The van der Waals surface area contributed by atoms with Crippen LogP contribution in [0.2, 0.25) is 0 Å². The van der Waals surface area contributed by atoms with Gasteiger partial charge in [0.15, 0.2) is 0 Å². The molecule has 0 aliphatic rings. The smallest absolute Gasteiger partial charge is 0.305 e. The van der Waals surface area contributed by atoms with E-state index in [2.05, 4.69) is 31.3 Å². The molecule has 0 bridgehead atoms. The van der Waals surface area contributed by atoms with Crippen molar-refractivity contribution in [2.24, 2.45) is 0 Å². The van der Waals surface area contributed by atoms with Crippen LogP contribution >= 0.6 is 0 Å². The van der Waals surface area contributed by atoms with E-state index >= 15 is 0 Å². The Morgan fingerprint density at radius 2 is 0.855 bits per heavy atom. The molecule has 1 amide bonds. The molecule has 0 aromatic carbocycles. The van der Waals surface area contributed by atoms with Gasteiger partial charge >= 0.3 is 5.97 Å². The van der Waals surface area contributed by atoms with Crippen LogP contribution in [0, 0.1) is 0 Å². The lowest BCUT2D eigenvalue weighted by Gasteiger charge is -2.22. The largest absolute Gasteiger partial charge is 0.466 e. The molecule has 0 fully saturated rings. The van der Waals surface area contributed by atoms with Gasteiger partial charge in [0.2, 0.25) is 5.91 Å². The minimum absolute atomic E-state index is 0.0156. The Bertz CT molecular complexity index is 817. The number of amides is 1. The average Bonchev–Trinajstić information content (AvgIpc) is 3.18. The topological polar surface area (TPSA) is 95.9 Å². The molecular weight excluding hydrogens is 683 g/mol. The second-order valence-corrected chi connectivity index (χ2v) is 16.8. The van der Waals surface area contributed by atoms with E-state index in [1.54, 1.807) is 0 Å². The summed E-state index contributed by atoms with van der Waals surface area (Å²) in [5.41, 5.74) is 0. The number of unbranched alkanes of at least 4 members (excludes halogenated alkanes) is 32. The summed E-state index contributed by atoms with van der Waals surface area (Å²) in [6, 6.07) is -0.549. The molecule has 2 atom stereocenters. The van der Waals surface area contributed by atoms with Crippen molar-refractivity contribution in [2.45, 2.75) is 276 Å². The number of carbonyl (C=O) groups is 2. The molecule has 0 aromatic rings. The van der Waals surface area contributed by atoms with Gasteiger partial charge in [0.05, 0.1) is 25.4 Å². The van der Waals surface area contributed by atoms with Gasteiger partial charge in [-0.1, -0.05) is 212 Å². The van der Waals surface area contributed by atoms with E-state index < -0.39 is 12.1 Å². The molecule has 0 saturated heterocycles. The molecule has 0 aromatic heterocycles. The summed E-state index contributed by atoms with van der Waals surface area (Å²) in [5.74, 6) is -0.0638. The predicted molar refractivity (Wildman–Crippen MR) is 237 cm³/mol. The quantitative estimate of drug-likeness (QED) is 0.0325. The maximum Gasteiger partial charge on any atom is 0.305 e. The number of aliphatic hydroxyl groups is 2. The van der Waals surface area contributed by atoms with E-state index in [1.807, 2.05) is 0 Å². The number of hydrogen-bond acceptors (Lipinski definition) is 5. The number of rotatable bonds is 45. The fourth-order valence-electron chi connectivity index (χ4n) is 7.51. The Morgan fingerprint density at radius 1 is 0.491 bits per heavy atom. The number of allylic oxidation sites excluding steroid dienone is 2. The van der Waals surface area contributed by atoms with Crippen molar-refractivity contribution in [3.63, 3.8) is 0 Å². The molecule has 3 N–H and O–H groups in total. The first-order valence-electron chi connectivity index (χ1n) is 24.4. The van der Waals surface area contributed by atoms with Gasteiger partial charge < -0.3 is 20.3 Å². The van der Waals surface area contributed by atoms with Gasteiger partial charge in [0, 0.05) is 12.8 Å². The van der Waals surface area contributed by atoms with Crippen LogP contribution in [0.1, 0.15) is 264 Å². The summed E-state index contributed by atoms with van der Waals surface area (Å²) in [6.07, 6.45) is 50.2. The number of hydrogen-bond donors (Lipinski definition) is 3. The van der Waals surface area contributed by atoms with E-state index in [1.165, 1.54) is 180 Å². The van der Waals surface area contributed by atoms with E-state index in [0.29, 0.717) is 25.9 Å². The average molecular weight is 778 g/mol. The van der Waals surface area contributed by atoms with Crippen molar-refractivity contribution >= 4 is 11.9 Å². The maximum atomic E-state index is 12.4. The fraction of sp³-hybridized carbons (Fsp3) is 0.918. The zero-order chi connectivity index (χ0) is 40.1. The minimum atomic E-state index is -0.671. The van der Waals surface area contributed by atoms with Crippen LogP contribution < -0.4 is 5.32 Å². The standard InChI is InChI=1S/C49H95NO5/c1-3-5-7-9-11-13-15-18-21-25-29-33-37-41-47(52)46(45-51)50-48(53)42-38-34-30-26-22-19-17-20-24-28-32-36-40-44-55-49(54)43-39-35-31-27-23-16-14-12-10-8-6-4-2/h12,14,46-47,51-52H,3-11,13,15-45H2,1-2H3,(H,50,53)/b14-12-. The van der Waals surface area contributed by atoms with Crippen LogP contribution in [-0.2, 0) is 14.3 Å². The summed E-state index contributed by atoms with van der Waals surface area (Å²) in [6.45, 7) is 4.89. The number of aliphatic hydroxyl groups excluding tert-OH is 2. The number of nitrogens with one attached hydrogen (secondary N) is 1. The first-order chi connectivity index (χ1) is 27.0. The SMILES string of the molecule is CCCCC/C=C\CCCCCCCC(=O)OCCCCCCCCCCCCCCCC(=O)NC(CO)C(O)CCCCCCCCCCCCCCC. The van der Waals surface area contributed by atoms with Gasteiger partial charge in [0.25, 0.3) is 0 Å². The lowest BCUT2D eigenvalue weighted by Crippen LogP contribution is -2.45. The predicted octanol–water partition coefficient (Wildman–Crippen LogP) is 14.2. The van der Waals surface area contributed by atoms with Crippen LogP contribution in [0.25, 0.3) is 0 Å². The molecule has 0 rings (SSSR count). The first-order valence-corrected chi connectivity index (χ1v) is 24.4. The van der Waals surface area contributed by atoms with Gasteiger partial charge in [-0.15, -0.1) is 0 Å². The van der Waals surface area contributed by atoms with Crippen molar-refractivity contribution in [1.29, 1.82) is 0 Å². The second kappa shape index (κ2) is 45.3. The van der Waals surface area contributed by atoms with Crippen LogP contribution in [0.3, 0.4) is 0 Å². The molecule has 6 heteroatoms. The highest BCUT2D eigenvalue weighted by atomic mass is 16.5. The summed E-state index contributed by atoms with van der Waals surface area (Å²) in [5, 5.41) is 23.2. The Balaban J connectivity index is 3.46. The van der Waals surface area contributed by atoms with Gasteiger partial charge in [-0.25, -0.2) is 0 Å². The molecule has 6 nitrogen and oxygen atoms in total. The number of carbonyl (C=O) groups excluding carboxylic acids is 2. The highest BCUT2D eigenvalue weighted by Gasteiger charge is 2.20. The minimum Gasteiger partial charge on any atom is -0.466 e. The Hall–Kier alpha value is -1.40. The molecule has 0 radical (unpaired) electrons. The highest BCUT2D eigenvalue weighted by molar-refractivity contribution is 5.76. The number of esters is 1. The van der Waals surface area contributed by atoms with Crippen LogP contribution in [-0.4, -0.2) is 47.4 Å². The Kier molecular flexibility index (Phi) is 44.2. The first kappa shape index (κ1) is 53.6. The third-order valence-electron chi connectivity index (χ3n) is 11.3. The molecule has 0 aliphatic carbocycles. The zero-order valence-corrected chi connectivity index (χ0v) is 36.9. The van der Waals surface area contributed by atoms with Crippen molar-refractivity contribution in [3.05, 3.63) is 12.2 Å². The summed E-state index contributed by atoms with van der Waals surface area (Å²) >= 11 is 0. The molecule has 2 unspecified atom stereocenters.